The summed E-state index contributed by atoms with van der Waals surface area (Å²) in [7, 11) is 0. The van der Waals surface area contributed by atoms with E-state index in [1.165, 1.54) is 6.07 Å². The van der Waals surface area contributed by atoms with Gasteiger partial charge in [-0.05, 0) is 29.8 Å². The summed E-state index contributed by atoms with van der Waals surface area (Å²) in [6, 6.07) is 10.6. The molecule has 28 heavy (non-hydrogen) atoms. The van der Waals surface area contributed by atoms with Crippen molar-refractivity contribution >= 4 is 17.5 Å². The largest absolute Gasteiger partial charge is 0.419 e. The predicted molar refractivity (Wildman–Crippen MR) is 101 cm³/mol. The van der Waals surface area contributed by atoms with Gasteiger partial charge in [0.05, 0.1) is 0 Å². The zero-order valence-corrected chi connectivity index (χ0v) is 14.8. The van der Waals surface area contributed by atoms with E-state index in [0.29, 0.717) is 25.3 Å². The summed E-state index contributed by atoms with van der Waals surface area (Å²) in [6.07, 6.45) is 0. The molecule has 6 N–H and O–H groups in total. The highest BCUT2D eigenvalue weighted by Gasteiger charge is 2.23. The second-order valence-corrected chi connectivity index (χ2v) is 5.95. The number of oxazole rings is 1. The minimum absolute atomic E-state index is 0.0980. The van der Waals surface area contributed by atoms with Gasteiger partial charge in [-0.1, -0.05) is 18.2 Å². The van der Waals surface area contributed by atoms with Crippen molar-refractivity contribution in [1.29, 1.82) is 0 Å². The maximum atomic E-state index is 14.0. The van der Waals surface area contributed by atoms with Gasteiger partial charge in [0.25, 0.3) is 5.91 Å². The Hall–Kier alpha value is -3.30. The van der Waals surface area contributed by atoms with E-state index < -0.39 is 23.1 Å². The highest BCUT2D eigenvalue weighted by atomic mass is 19.1. The minimum Gasteiger partial charge on any atom is -0.419 e. The molecule has 1 aromatic heterocycles. The van der Waals surface area contributed by atoms with Crippen molar-refractivity contribution in [3.63, 3.8) is 0 Å². The maximum absolute atomic E-state index is 14.0. The zero-order chi connectivity index (χ0) is 20.1. The molecular formula is C19H19F2N5O2. The average molecular weight is 387 g/mol. The van der Waals surface area contributed by atoms with Crippen molar-refractivity contribution in [1.82, 2.24) is 10.3 Å². The van der Waals surface area contributed by atoms with Crippen LogP contribution >= 0.6 is 0 Å². The number of nitrogens with one attached hydrogen (secondary N) is 2. The van der Waals surface area contributed by atoms with Crippen molar-refractivity contribution < 1.29 is 18.0 Å². The molecule has 2 aromatic carbocycles. The number of rotatable bonds is 8. The Morgan fingerprint density at radius 1 is 1.11 bits per heavy atom. The lowest BCUT2D eigenvalue weighted by Gasteiger charge is -2.07. The Kier molecular flexibility index (Phi) is 5.97. The normalized spacial score (nSPS) is 10.8. The van der Waals surface area contributed by atoms with Crippen molar-refractivity contribution in [2.24, 2.45) is 11.5 Å². The molecule has 0 atom stereocenters. The number of nitrogens with zero attached hydrogens (tertiary/aromatic N) is 1. The van der Waals surface area contributed by atoms with Gasteiger partial charge in [-0.25, -0.2) is 13.8 Å². The van der Waals surface area contributed by atoms with Crippen LogP contribution in [0.5, 0.6) is 0 Å². The number of primary amides is 1. The fraction of sp³-hybridized carbons (Fsp3) is 0.158. The number of nitrogens with two attached hydrogens (primary N) is 2. The van der Waals surface area contributed by atoms with Crippen LogP contribution in [0.15, 0.2) is 46.9 Å². The lowest BCUT2D eigenvalue weighted by molar-refractivity contribution is 0.0996. The van der Waals surface area contributed by atoms with Gasteiger partial charge in [0.2, 0.25) is 11.8 Å². The van der Waals surface area contributed by atoms with E-state index in [2.05, 4.69) is 15.6 Å². The predicted octanol–water partition coefficient (Wildman–Crippen LogP) is 2.51. The number of anilines is 2. The van der Waals surface area contributed by atoms with Gasteiger partial charge in [-0.2, -0.15) is 0 Å². The van der Waals surface area contributed by atoms with Crippen LogP contribution in [0.25, 0.3) is 11.5 Å². The fourth-order valence-electron chi connectivity index (χ4n) is 2.55. The average Bonchev–Trinajstić information content (AvgIpc) is 3.07. The van der Waals surface area contributed by atoms with E-state index >= 15 is 0 Å². The second-order valence-electron chi connectivity index (χ2n) is 5.95. The third kappa shape index (κ3) is 4.33. The smallest absolute Gasteiger partial charge is 0.273 e. The number of halogens is 2. The third-order valence-electron chi connectivity index (χ3n) is 3.90. The Balaban J connectivity index is 1.86. The Labute approximate surface area is 159 Å². The van der Waals surface area contributed by atoms with E-state index in [1.807, 2.05) is 12.1 Å². The molecule has 0 saturated heterocycles. The van der Waals surface area contributed by atoms with Gasteiger partial charge >= 0.3 is 0 Å². The summed E-state index contributed by atoms with van der Waals surface area (Å²) in [5.41, 5.74) is 11.6. The molecule has 0 aliphatic heterocycles. The summed E-state index contributed by atoms with van der Waals surface area (Å²) in [5.74, 6) is -3.10. The van der Waals surface area contributed by atoms with Crippen LogP contribution in [0.4, 0.5) is 20.4 Å². The number of amides is 1. The van der Waals surface area contributed by atoms with Gasteiger partial charge < -0.3 is 26.5 Å². The van der Waals surface area contributed by atoms with E-state index in [-0.39, 0.29) is 17.5 Å². The van der Waals surface area contributed by atoms with E-state index in [1.54, 1.807) is 12.1 Å². The van der Waals surface area contributed by atoms with Gasteiger partial charge in [0, 0.05) is 25.3 Å². The van der Waals surface area contributed by atoms with Crippen molar-refractivity contribution in [3.8, 4) is 11.5 Å². The van der Waals surface area contributed by atoms with Gasteiger partial charge in [0.1, 0.15) is 17.2 Å². The van der Waals surface area contributed by atoms with E-state index in [4.69, 9.17) is 15.9 Å². The number of aromatic nitrogens is 1. The zero-order valence-electron chi connectivity index (χ0n) is 14.8. The molecule has 9 heteroatoms. The van der Waals surface area contributed by atoms with Crippen LogP contribution in [-0.2, 0) is 6.54 Å². The molecule has 0 unspecified atom stereocenters. The molecule has 3 rings (SSSR count). The lowest BCUT2D eigenvalue weighted by Crippen LogP contribution is -2.21. The summed E-state index contributed by atoms with van der Waals surface area (Å²) in [5, 5.41) is 6.03. The Morgan fingerprint density at radius 3 is 2.39 bits per heavy atom. The molecule has 0 aliphatic carbocycles. The van der Waals surface area contributed by atoms with Crippen LogP contribution in [-0.4, -0.2) is 24.0 Å². The molecule has 7 nitrogen and oxygen atoms in total. The Bertz CT molecular complexity index is 953. The van der Waals surface area contributed by atoms with Gasteiger partial charge in [-0.15, -0.1) is 0 Å². The van der Waals surface area contributed by atoms with Gasteiger partial charge in [-0.3, -0.25) is 4.79 Å². The summed E-state index contributed by atoms with van der Waals surface area (Å²) in [4.78, 5) is 15.5. The molecule has 0 aliphatic rings. The first-order chi connectivity index (χ1) is 13.5. The maximum Gasteiger partial charge on any atom is 0.273 e. The molecule has 0 saturated carbocycles. The third-order valence-corrected chi connectivity index (χ3v) is 3.90. The Morgan fingerprint density at radius 2 is 1.79 bits per heavy atom. The summed E-state index contributed by atoms with van der Waals surface area (Å²) in [6.45, 7) is 1.91. The van der Waals surface area contributed by atoms with Gasteiger partial charge in [0.15, 0.2) is 5.69 Å². The first-order valence-corrected chi connectivity index (χ1v) is 8.51. The van der Waals surface area contributed by atoms with Crippen LogP contribution in [0.2, 0.25) is 0 Å². The van der Waals surface area contributed by atoms with Crippen LogP contribution in [0.3, 0.4) is 0 Å². The topological polar surface area (TPSA) is 119 Å². The highest BCUT2D eigenvalue weighted by Crippen LogP contribution is 2.31. The van der Waals surface area contributed by atoms with E-state index in [0.717, 1.165) is 17.7 Å². The van der Waals surface area contributed by atoms with Crippen LogP contribution in [0, 0.1) is 11.6 Å². The minimum atomic E-state index is -0.892. The molecule has 1 heterocycles. The van der Waals surface area contributed by atoms with Crippen molar-refractivity contribution in [3.05, 3.63) is 65.4 Å². The van der Waals surface area contributed by atoms with Crippen LogP contribution in [0.1, 0.15) is 16.1 Å². The fourth-order valence-corrected chi connectivity index (χ4v) is 2.55. The highest BCUT2D eigenvalue weighted by molar-refractivity contribution is 5.96. The molecule has 3 aromatic rings. The molecule has 146 valence electrons. The first kappa shape index (κ1) is 19.5. The van der Waals surface area contributed by atoms with Crippen molar-refractivity contribution in [2.75, 3.05) is 18.4 Å². The second kappa shape index (κ2) is 8.59. The number of hydrogen-bond acceptors (Lipinski definition) is 6. The number of hydrogen-bond donors (Lipinski definition) is 4. The monoisotopic (exact) mass is 387 g/mol. The molecule has 0 fully saturated rings. The molecule has 0 radical (unpaired) electrons. The molecule has 0 bridgehead atoms. The summed E-state index contributed by atoms with van der Waals surface area (Å²) < 4.78 is 33.4. The molecule has 0 spiro atoms. The molecule has 1 amide bonds. The quantitative estimate of drug-likeness (QED) is 0.441. The standard InChI is InChI=1S/C19H19F2N5O2/c20-13-2-1-3-14(21)15(13)18-26-16(17(23)27)19(28-18)25-12-6-4-11(5-7-12)10-24-9-8-22/h1-7,24-25H,8-10,22H2,(H2,23,27). The first-order valence-electron chi connectivity index (χ1n) is 8.51. The number of benzene rings is 2. The lowest BCUT2D eigenvalue weighted by atomic mass is 10.2. The number of carbonyl (C=O) groups excluding carboxylic acids is 1. The SMILES string of the molecule is NCCNCc1ccc(Nc2oc(-c3c(F)cccc3F)nc2C(N)=O)cc1. The number of carbonyl (C=O) groups is 1. The molecular weight excluding hydrogens is 368 g/mol. The van der Waals surface area contributed by atoms with Crippen LogP contribution < -0.4 is 22.1 Å². The van der Waals surface area contributed by atoms with Crippen molar-refractivity contribution in [2.45, 2.75) is 6.54 Å². The summed E-state index contributed by atoms with van der Waals surface area (Å²) >= 11 is 0. The van der Waals surface area contributed by atoms with E-state index in [9.17, 15) is 13.6 Å².